The SMILES string of the molecule is CCCNc1cc(C(=O)OC)cc(O)c1O. The van der Waals surface area contributed by atoms with Gasteiger partial charge in [0.1, 0.15) is 0 Å². The smallest absolute Gasteiger partial charge is 0.338 e. The van der Waals surface area contributed by atoms with Crippen molar-refractivity contribution in [1.82, 2.24) is 0 Å². The Balaban J connectivity index is 3.06. The standard InChI is InChI=1S/C11H15NO4/c1-3-4-12-8-5-7(11(15)16-2)6-9(13)10(8)14/h5-6,12-14H,3-4H2,1-2H3. The molecule has 0 heterocycles. The molecule has 0 aliphatic carbocycles. The van der Waals surface area contributed by atoms with E-state index < -0.39 is 5.97 Å². The fraction of sp³-hybridized carbons (Fsp3) is 0.364. The van der Waals surface area contributed by atoms with Crippen molar-refractivity contribution in [3.05, 3.63) is 17.7 Å². The van der Waals surface area contributed by atoms with Crippen LogP contribution in [0.2, 0.25) is 0 Å². The van der Waals surface area contributed by atoms with E-state index in [0.29, 0.717) is 12.2 Å². The topological polar surface area (TPSA) is 78.8 Å². The summed E-state index contributed by atoms with van der Waals surface area (Å²) in [6, 6.07) is 2.61. The van der Waals surface area contributed by atoms with Gasteiger partial charge in [0, 0.05) is 6.54 Å². The van der Waals surface area contributed by atoms with Crippen LogP contribution in [0.3, 0.4) is 0 Å². The lowest BCUT2D eigenvalue weighted by atomic mass is 10.1. The molecule has 5 heteroatoms. The Morgan fingerprint density at radius 2 is 2.12 bits per heavy atom. The highest BCUT2D eigenvalue weighted by atomic mass is 16.5. The van der Waals surface area contributed by atoms with Gasteiger partial charge in [-0.15, -0.1) is 0 Å². The average Bonchev–Trinajstić information content (AvgIpc) is 2.29. The van der Waals surface area contributed by atoms with Gasteiger partial charge in [-0.3, -0.25) is 0 Å². The molecule has 0 saturated heterocycles. The second-order valence-corrected chi connectivity index (χ2v) is 3.31. The molecule has 0 radical (unpaired) electrons. The van der Waals surface area contributed by atoms with Crippen molar-refractivity contribution in [2.24, 2.45) is 0 Å². The molecule has 0 amide bonds. The number of phenolic OH excluding ortho intramolecular Hbond substituents is 2. The van der Waals surface area contributed by atoms with E-state index in [9.17, 15) is 15.0 Å². The summed E-state index contributed by atoms with van der Waals surface area (Å²) in [7, 11) is 1.26. The van der Waals surface area contributed by atoms with Gasteiger partial charge in [-0.25, -0.2) is 4.79 Å². The third-order valence-corrected chi connectivity index (χ3v) is 2.08. The first-order valence-electron chi connectivity index (χ1n) is 4.98. The summed E-state index contributed by atoms with van der Waals surface area (Å²) in [6.07, 6.45) is 0.864. The van der Waals surface area contributed by atoms with Crippen LogP contribution in [0.5, 0.6) is 11.5 Å². The largest absolute Gasteiger partial charge is 0.504 e. The van der Waals surface area contributed by atoms with Crippen LogP contribution in [-0.2, 0) is 4.74 Å². The molecule has 0 aliphatic heterocycles. The molecule has 1 aromatic carbocycles. The molecule has 16 heavy (non-hydrogen) atoms. The number of hydrogen-bond donors (Lipinski definition) is 3. The number of methoxy groups -OCH3 is 1. The molecular formula is C11H15NO4. The van der Waals surface area contributed by atoms with E-state index in [-0.39, 0.29) is 17.1 Å². The van der Waals surface area contributed by atoms with Gasteiger partial charge in [-0.2, -0.15) is 0 Å². The lowest BCUT2D eigenvalue weighted by Crippen LogP contribution is -2.04. The number of phenols is 2. The zero-order valence-electron chi connectivity index (χ0n) is 9.28. The molecule has 0 saturated carbocycles. The molecule has 0 spiro atoms. The molecule has 3 N–H and O–H groups in total. The summed E-state index contributed by atoms with van der Waals surface area (Å²) in [5, 5.41) is 21.9. The minimum Gasteiger partial charge on any atom is -0.504 e. The summed E-state index contributed by atoms with van der Waals surface area (Å²) in [4.78, 5) is 11.3. The second kappa shape index (κ2) is 5.25. The van der Waals surface area contributed by atoms with Gasteiger partial charge in [0.25, 0.3) is 0 Å². The fourth-order valence-electron chi connectivity index (χ4n) is 1.25. The van der Waals surface area contributed by atoms with E-state index in [1.807, 2.05) is 6.92 Å². The van der Waals surface area contributed by atoms with Crippen LogP contribution in [0.15, 0.2) is 12.1 Å². The van der Waals surface area contributed by atoms with Crippen LogP contribution in [0.4, 0.5) is 5.69 Å². The van der Waals surface area contributed by atoms with Crippen LogP contribution in [0.1, 0.15) is 23.7 Å². The zero-order valence-corrected chi connectivity index (χ0v) is 9.28. The third-order valence-electron chi connectivity index (χ3n) is 2.08. The molecule has 0 bridgehead atoms. The van der Waals surface area contributed by atoms with Crippen molar-refractivity contribution in [3.63, 3.8) is 0 Å². The first kappa shape index (κ1) is 12.2. The Bertz CT molecular complexity index is 390. The Labute approximate surface area is 93.7 Å². The van der Waals surface area contributed by atoms with Gasteiger partial charge < -0.3 is 20.3 Å². The zero-order chi connectivity index (χ0) is 12.1. The van der Waals surface area contributed by atoms with Gasteiger partial charge in [0.15, 0.2) is 11.5 Å². The van der Waals surface area contributed by atoms with E-state index in [1.54, 1.807) is 0 Å². The summed E-state index contributed by atoms with van der Waals surface area (Å²) < 4.78 is 4.53. The van der Waals surface area contributed by atoms with Crippen molar-refractivity contribution in [2.45, 2.75) is 13.3 Å². The number of anilines is 1. The monoisotopic (exact) mass is 225 g/mol. The molecule has 0 aliphatic rings. The summed E-state index contributed by atoms with van der Waals surface area (Å²) in [5.74, 6) is -1.17. The first-order chi connectivity index (χ1) is 7.60. The van der Waals surface area contributed by atoms with Crippen LogP contribution in [0, 0.1) is 0 Å². The summed E-state index contributed by atoms with van der Waals surface area (Å²) in [5.41, 5.74) is 0.513. The second-order valence-electron chi connectivity index (χ2n) is 3.31. The lowest BCUT2D eigenvalue weighted by Gasteiger charge is -2.10. The first-order valence-corrected chi connectivity index (χ1v) is 4.98. The number of carbonyl (C=O) groups is 1. The highest BCUT2D eigenvalue weighted by molar-refractivity contribution is 5.92. The van der Waals surface area contributed by atoms with Crippen LogP contribution in [0.25, 0.3) is 0 Å². The quantitative estimate of drug-likeness (QED) is 0.537. The molecular weight excluding hydrogens is 210 g/mol. The minimum absolute atomic E-state index is 0.191. The molecule has 0 aromatic heterocycles. The van der Waals surface area contributed by atoms with Crippen molar-refractivity contribution >= 4 is 11.7 Å². The van der Waals surface area contributed by atoms with E-state index in [0.717, 1.165) is 12.5 Å². The van der Waals surface area contributed by atoms with E-state index >= 15 is 0 Å². The number of nitrogens with one attached hydrogen (secondary N) is 1. The number of rotatable bonds is 4. The molecule has 88 valence electrons. The Hall–Kier alpha value is -1.91. The third kappa shape index (κ3) is 2.56. The van der Waals surface area contributed by atoms with Crippen molar-refractivity contribution < 1.29 is 19.7 Å². The summed E-state index contributed by atoms with van der Waals surface area (Å²) >= 11 is 0. The van der Waals surface area contributed by atoms with E-state index in [1.165, 1.54) is 13.2 Å². The van der Waals surface area contributed by atoms with Gasteiger partial charge in [-0.1, -0.05) is 6.92 Å². The maximum atomic E-state index is 11.3. The molecule has 0 atom stereocenters. The fourth-order valence-corrected chi connectivity index (χ4v) is 1.25. The maximum Gasteiger partial charge on any atom is 0.338 e. The van der Waals surface area contributed by atoms with E-state index in [4.69, 9.17) is 0 Å². The van der Waals surface area contributed by atoms with Gasteiger partial charge in [0.05, 0.1) is 18.4 Å². The Morgan fingerprint density at radius 3 is 2.69 bits per heavy atom. The normalized spacial score (nSPS) is 9.88. The molecule has 0 unspecified atom stereocenters. The number of hydrogen-bond acceptors (Lipinski definition) is 5. The molecule has 0 fully saturated rings. The highest BCUT2D eigenvalue weighted by Crippen LogP contribution is 2.34. The maximum absolute atomic E-state index is 11.3. The molecule has 1 rings (SSSR count). The van der Waals surface area contributed by atoms with Crippen molar-refractivity contribution in [2.75, 3.05) is 19.0 Å². The number of esters is 1. The number of ether oxygens (including phenoxy) is 1. The lowest BCUT2D eigenvalue weighted by molar-refractivity contribution is 0.0600. The number of carbonyl (C=O) groups excluding carboxylic acids is 1. The predicted molar refractivity (Wildman–Crippen MR) is 59.9 cm³/mol. The van der Waals surface area contributed by atoms with Gasteiger partial charge in [0.2, 0.25) is 0 Å². The summed E-state index contributed by atoms with van der Waals surface area (Å²) in [6.45, 7) is 2.60. The predicted octanol–water partition coefficient (Wildman–Crippen LogP) is 1.71. The van der Waals surface area contributed by atoms with Crippen molar-refractivity contribution in [3.8, 4) is 11.5 Å². The Morgan fingerprint density at radius 1 is 1.44 bits per heavy atom. The van der Waals surface area contributed by atoms with Crippen LogP contribution >= 0.6 is 0 Å². The number of aromatic hydroxyl groups is 2. The van der Waals surface area contributed by atoms with Crippen molar-refractivity contribution in [1.29, 1.82) is 0 Å². The van der Waals surface area contributed by atoms with E-state index in [2.05, 4.69) is 10.1 Å². The average molecular weight is 225 g/mol. The number of benzene rings is 1. The highest BCUT2D eigenvalue weighted by Gasteiger charge is 2.13. The Kier molecular flexibility index (Phi) is 3.99. The van der Waals surface area contributed by atoms with Gasteiger partial charge in [-0.05, 0) is 18.6 Å². The van der Waals surface area contributed by atoms with Crippen LogP contribution < -0.4 is 5.32 Å². The molecule has 1 aromatic rings. The van der Waals surface area contributed by atoms with Gasteiger partial charge >= 0.3 is 5.97 Å². The molecule has 5 nitrogen and oxygen atoms in total. The minimum atomic E-state index is -0.560. The van der Waals surface area contributed by atoms with Crippen LogP contribution in [-0.4, -0.2) is 29.8 Å².